The van der Waals surface area contributed by atoms with Crippen LogP contribution in [-0.4, -0.2) is 44.3 Å². The third-order valence-corrected chi connectivity index (χ3v) is 6.58. The molecule has 0 aromatic heterocycles. The predicted octanol–water partition coefficient (Wildman–Crippen LogP) is 3.93. The Hall–Kier alpha value is -1.70. The molecule has 0 bridgehead atoms. The maximum atomic E-state index is 13.3. The Bertz CT molecular complexity index is 830. The molecule has 0 saturated heterocycles. The van der Waals surface area contributed by atoms with Crippen LogP contribution in [0.2, 0.25) is 0 Å². The minimum Gasteiger partial charge on any atom is -0.426 e. The van der Waals surface area contributed by atoms with E-state index >= 15 is 0 Å². The molecule has 1 fully saturated rings. The summed E-state index contributed by atoms with van der Waals surface area (Å²) in [7, 11) is 3.16. The molecule has 3 rings (SSSR count). The van der Waals surface area contributed by atoms with Crippen LogP contribution in [0.1, 0.15) is 56.2 Å². The molecule has 0 radical (unpaired) electrons. The highest BCUT2D eigenvalue weighted by atomic mass is 79.9. The summed E-state index contributed by atoms with van der Waals surface area (Å²) in [5.74, 6) is -0.239. The summed E-state index contributed by atoms with van der Waals surface area (Å²) in [6, 6.07) is 4.08. The van der Waals surface area contributed by atoms with Crippen molar-refractivity contribution in [1.82, 2.24) is 5.32 Å². The number of hydrogen-bond donors (Lipinski definition) is 1. The van der Waals surface area contributed by atoms with Gasteiger partial charge in [0.15, 0.2) is 0 Å². The highest BCUT2D eigenvalue weighted by Crippen LogP contribution is 2.45. The fourth-order valence-electron chi connectivity index (χ4n) is 4.59. The largest absolute Gasteiger partial charge is 0.426 e. The molecule has 1 spiro atoms. The molecule has 1 amide bonds. The Morgan fingerprint density at radius 1 is 1.17 bits per heavy atom. The maximum Gasteiger partial charge on any atom is 0.337 e. The van der Waals surface area contributed by atoms with Gasteiger partial charge in [0.2, 0.25) is 0 Å². The van der Waals surface area contributed by atoms with Crippen molar-refractivity contribution in [2.75, 3.05) is 20.8 Å². The number of amides is 1. The van der Waals surface area contributed by atoms with Crippen LogP contribution in [0.4, 0.5) is 0 Å². The van der Waals surface area contributed by atoms with E-state index in [1.54, 1.807) is 7.11 Å². The first-order valence-electron chi connectivity index (χ1n) is 10.5. The molecule has 30 heavy (non-hydrogen) atoms. The van der Waals surface area contributed by atoms with Crippen LogP contribution < -0.4 is 5.32 Å². The van der Waals surface area contributed by atoms with Crippen molar-refractivity contribution in [1.29, 1.82) is 0 Å². The van der Waals surface area contributed by atoms with Crippen molar-refractivity contribution in [3.05, 3.63) is 39.1 Å². The average Bonchev–Trinajstić information content (AvgIpc) is 2.98. The number of halogens is 1. The Morgan fingerprint density at radius 3 is 2.27 bits per heavy atom. The molecule has 1 aromatic rings. The van der Waals surface area contributed by atoms with Crippen LogP contribution >= 0.6 is 15.9 Å². The number of methoxy groups -OCH3 is 2. The van der Waals surface area contributed by atoms with Crippen molar-refractivity contribution in [2.45, 2.75) is 64.0 Å². The van der Waals surface area contributed by atoms with Gasteiger partial charge in [-0.05, 0) is 67.3 Å². The second-order valence-electron chi connectivity index (χ2n) is 7.89. The molecule has 1 N–H and O–H groups in total. The molecule has 164 valence electrons. The van der Waals surface area contributed by atoms with Gasteiger partial charge in [0, 0.05) is 18.7 Å². The van der Waals surface area contributed by atoms with Crippen LogP contribution in [0.3, 0.4) is 0 Å². The fraction of sp³-hybridized carbons (Fsp3) is 0.565. The lowest BCUT2D eigenvalue weighted by Gasteiger charge is -2.37. The summed E-state index contributed by atoms with van der Waals surface area (Å²) < 4.78 is 17.3. The predicted molar refractivity (Wildman–Crippen MR) is 118 cm³/mol. The summed E-state index contributed by atoms with van der Waals surface area (Å²) in [5, 5.41) is 3.18. The summed E-state index contributed by atoms with van der Waals surface area (Å²) in [6.07, 6.45) is 4.57. The number of rotatable bonds is 7. The number of carbonyl (C=O) groups is 2. The molecule has 2 aliphatic rings. The van der Waals surface area contributed by atoms with Gasteiger partial charge in [-0.25, -0.2) is 4.79 Å². The molecular weight excluding hydrogens is 450 g/mol. The number of hydrogen-bond acceptors (Lipinski definition) is 5. The van der Waals surface area contributed by atoms with Crippen LogP contribution in [0, 0.1) is 0 Å². The normalized spacial score (nSPS) is 23.8. The molecule has 1 saturated carbocycles. The average molecular weight is 480 g/mol. The van der Waals surface area contributed by atoms with Gasteiger partial charge in [-0.1, -0.05) is 29.8 Å². The minimum atomic E-state index is -0.687. The summed E-state index contributed by atoms with van der Waals surface area (Å²) in [6.45, 7) is 3.96. The molecule has 1 aliphatic heterocycles. The second-order valence-corrected chi connectivity index (χ2v) is 8.80. The zero-order valence-corrected chi connectivity index (χ0v) is 19.7. The second kappa shape index (κ2) is 9.62. The van der Waals surface area contributed by atoms with Gasteiger partial charge in [0.1, 0.15) is 12.4 Å². The molecule has 0 atom stereocenters. The standard InChI is InChI=1S/C23H30BrNO5/c1-5-14-11-16(24)12-15(6-2)19(14)20-21(30-18(26)13-28-3)23(25-22(20)27)9-7-17(29-4)8-10-23/h11-12,17H,5-10,13H2,1-4H3,(H,25,27)/t17-,23+. The number of nitrogens with one attached hydrogen (secondary N) is 1. The lowest BCUT2D eigenvalue weighted by Crippen LogP contribution is -2.49. The zero-order chi connectivity index (χ0) is 21.9. The van der Waals surface area contributed by atoms with Gasteiger partial charge in [-0.15, -0.1) is 0 Å². The highest BCUT2D eigenvalue weighted by Gasteiger charge is 2.50. The number of esters is 1. The third kappa shape index (κ3) is 4.34. The third-order valence-electron chi connectivity index (χ3n) is 6.12. The Labute approximate surface area is 186 Å². The SMILES string of the molecule is CCc1cc(Br)cc(CC)c1C1=C(OC(=O)COC)[C@]2(CC[C@H](OC)CC2)NC1=O. The fourth-order valence-corrected chi connectivity index (χ4v) is 5.14. The summed E-state index contributed by atoms with van der Waals surface area (Å²) in [5.41, 5.74) is 2.78. The van der Waals surface area contributed by atoms with Crippen LogP contribution in [0.25, 0.3) is 5.57 Å². The Morgan fingerprint density at radius 2 is 1.77 bits per heavy atom. The minimum absolute atomic E-state index is 0.151. The van der Waals surface area contributed by atoms with E-state index in [2.05, 4.69) is 35.1 Å². The van der Waals surface area contributed by atoms with Crippen molar-refractivity contribution < 1.29 is 23.8 Å². The molecule has 6 nitrogen and oxygen atoms in total. The molecule has 1 aromatic carbocycles. The zero-order valence-electron chi connectivity index (χ0n) is 18.1. The molecule has 1 aliphatic carbocycles. The molecule has 1 heterocycles. The Balaban J connectivity index is 2.18. The molecule has 7 heteroatoms. The highest BCUT2D eigenvalue weighted by molar-refractivity contribution is 9.10. The molecule has 0 unspecified atom stereocenters. The Kier molecular flexibility index (Phi) is 7.37. The van der Waals surface area contributed by atoms with Crippen molar-refractivity contribution in [2.24, 2.45) is 0 Å². The number of ether oxygens (including phenoxy) is 3. The quantitative estimate of drug-likeness (QED) is 0.599. The molecular formula is C23H30BrNO5. The van der Waals surface area contributed by atoms with E-state index < -0.39 is 11.5 Å². The van der Waals surface area contributed by atoms with Gasteiger partial charge in [0.05, 0.1) is 17.2 Å². The number of benzene rings is 1. The lowest BCUT2D eigenvalue weighted by atomic mass is 9.78. The van der Waals surface area contributed by atoms with Crippen LogP contribution in [0.15, 0.2) is 22.4 Å². The van der Waals surface area contributed by atoms with Gasteiger partial charge in [0.25, 0.3) is 5.91 Å². The van der Waals surface area contributed by atoms with Gasteiger partial charge < -0.3 is 19.5 Å². The van der Waals surface area contributed by atoms with E-state index in [0.29, 0.717) is 24.2 Å². The van der Waals surface area contributed by atoms with E-state index in [-0.39, 0.29) is 18.6 Å². The monoisotopic (exact) mass is 479 g/mol. The smallest absolute Gasteiger partial charge is 0.337 e. The van der Waals surface area contributed by atoms with Gasteiger partial charge in [-0.2, -0.15) is 0 Å². The van der Waals surface area contributed by atoms with Crippen LogP contribution in [-0.2, 0) is 36.6 Å². The van der Waals surface area contributed by atoms with E-state index in [4.69, 9.17) is 14.2 Å². The summed E-state index contributed by atoms with van der Waals surface area (Å²) in [4.78, 5) is 25.8. The van der Waals surface area contributed by atoms with Crippen molar-refractivity contribution >= 4 is 33.4 Å². The maximum absolute atomic E-state index is 13.3. The number of aryl methyl sites for hydroxylation is 2. The van der Waals surface area contributed by atoms with E-state index in [1.807, 2.05) is 12.1 Å². The van der Waals surface area contributed by atoms with Crippen molar-refractivity contribution in [3.63, 3.8) is 0 Å². The van der Waals surface area contributed by atoms with Gasteiger partial charge >= 0.3 is 5.97 Å². The van der Waals surface area contributed by atoms with E-state index in [9.17, 15) is 9.59 Å². The number of carbonyl (C=O) groups excluding carboxylic acids is 2. The van der Waals surface area contributed by atoms with Crippen LogP contribution in [0.5, 0.6) is 0 Å². The first-order valence-corrected chi connectivity index (χ1v) is 11.3. The first-order chi connectivity index (χ1) is 14.4. The first kappa shape index (κ1) is 23.0. The lowest BCUT2D eigenvalue weighted by molar-refractivity contribution is -0.145. The summed E-state index contributed by atoms with van der Waals surface area (Å²) >= 11 is 3.58. The topological polar surface area (TPSA) is 73.9 Å². The van der Waals surface area contributed by atoms with E-state index in [0.717, 1.165) is 46.8 Å². The van der Waals surface area contributed by atoms with E-state index in [1.165, 1.54) is 7.11 Å². The van der Waals surface area contributed by atoms with Gasteiger partial charge in [-0.3, -0.25) is 4.79 Å². The van der Waals surface area contributed by atoms with Crippen molar-refractivity contribution in [3.8, 4) is 0 Å².